The maximum Gasteiger partial charge on any atom is 0.324 e. The number of aryl methyl sites for hydroxylation is 1. The van der Waals surface area contributed by atoms with Crippen LogP contribution in [0.1, 0.15) is 77.3 Å². The average molecular weight is 916 g/mol. The number of methoxy groups -OCH3 is 1. The first-order valence-corrected chi connectivity index (χ1v) is 23.6. The summed E-state index contributed by atoms with van der Waals surface area (Å²) in [6, 6.07) is 12.6. The van der Waals surface area contributed by atoms with Crippen LogP contribution in [0.3, 0.4) is 0 Å². The number of aromatic hydroxyl groups is 1. The number of ether oxygens (including phenoxy) is 2. The molecule has 3 fully saturated rings. The SMILES string of the molecule is C=CC(=O)N1C[C@@H]2C(C(=O)N(C)C(C(=O)N[C@H]3Cc4cc(O)cc(c4)-c4ccc5c(c4)c(c(-c4cccnc4[C@H](C)OC)n5CC)CC(C)(C)COC(=O)[C@@H]4CCCN(N4)C3=O)C(C)C)[C@@H]2C1. The van der Waals surface area contributed by atoms with Crippen molar-refractivity contribution in [2.75, 3.05) is 40.4 Å². The number of aromatic nitrogens is 2. The smallest absolute Gasteiger partial charge is 0.324 e. The number of pyridine rings is 1. The molecule has 5 heterocycles. The number of likely N-dealkylation sites (tertiary alicyclic amines) is 1. The van der Waals surface area contributed by atoms with E-state index in [2.05, 4.69) is 60.9 Å². The summed E-state index contributed by atoms with van der Waals surface area (Å²) < 4.78 is 14.2. The van der Waals surface area contributed by atoms with E-state index in [-0.39, 0.29) is 66.9 Å². The number of cyclic esters (lactones) is 1. The van der Waals surface area contributed by atoms with Crippen molar-refractivity contribution in [2.24, 2.45) is 29.1 Å². The Morgan fingerprint density at radius 3 is 2.52 bits per heavy atom. The highest BCUT2D eigenvalue weighted by Crippen LogP contribution is 2.53. The molecule has 1 aliphatic carbocycles. The highest BCUT2D eigenvalue weighted by molar-refractivity contribution is 5.96. The van der Waals surface area contributed by atoms with Crippen molar-refractivity contribution >= 4 is 40.5 Å². The van der Waals surface area contributed by atoms with Crippen molar-refractivity contribution in [2.45, 2.75) is 98.0 Å². The number of nitrogens with zero attached hydrogens (tertiary/aromatic N) is 5. The zero-order valence-electron chi connectivity index (χ0n) is 40.0. The minimum Gasteiger partial charge on any atom is -0.508 e. The number of hydrogen-bond donors (Lipinski definition) is 3. The van der Waals surface area contributed by atoms with Gasteiger partial charge in [-0.3, -0.25) is 34.0 Å². The molecule has 4 aromatic rings. The zero-order valence-corrected chi connectivity index (χ0v) is 40.0. The van der Waals surface area contributed by atoms with Crippen molar-refractivity contribution in [3.8, 4) is 28.1 Å². The van der Waals surface area contributed by atoms with E-state index in [9.17, 15) is 29.1 Å². The van der Waals surface area contributed by atoms with Crippen molar-refractivity contribution in [1.29, 1.82) is 0 Å². The molecular weight excluding hydrogens is 851 g/mol. The predicted octanol–water partition coefficient (Wildman–Crippen LogP) is 5.83. The summed E-state index contributed by atoms with van der Waals surface area (Å²) in [7, 11) is 3.30. The molecular formula is C52H65N7O8. The molecule has 2 aromatic carbocycles. The highest BCUT2D eigenvalue weighted by Gasteiger charge is 2.61. The molecule has 15 heteroatoms. The number of carbonyl (C=O) groups excluding carboxylic acids is 5. The fourth-order valence-corrected chi connectivity index (χ4v) is 10.8. The highest BCUT2D eigenvalue weighted by atomic mass is 16.5. The molecule has 7 atom stereocenters. The van der Waals surface area contributed by atoms with Gasteiger partial charge in [-0.1, -0.05) is 46.4 Å². The van der Waals surface area contributed by atoms with E-state index < -0.39 is 41.3 Å². The number of likely N-dealkylation sites (N-methyl/N-ethyl adjacent to an activating group) is 1. The number of hydrogen-bond acceptors (Lipinski definition) is 10. The van der Waals surface area contributed by atoms with Crippen LogP contribution in [0, 0.1) is 29.1 Å². The van der Waals surface area contributed by atoms with E-state index in [4.69, 9.17) is 14.5 Å². The largest absolute Gasteiger partial charge is 0.508 e. The van der Waals surface area contributed by atoms with Crippen LogP contribution in [-0.4, -0.2) is 118 Å². The lowest BCUT2D eigenvalue weighted by Gasteiger charge is -2.37. The third-order valence-corrected chi connectivity index (χ3v) is 14.3. The minimum atomic E-state index is -1.15. The lowest BCUT2D eigenvalue weighted by atomic mass is 9.84. The Bertz CT molecular complexity index is 2590. The Kier molecular flexibility index (Phi) is 13.4. The van der Waals surface area contributed by atoms with Gasteiger partial charge in [-0.05, 0) is 116 Å². The standard InChI is InChI=1S/C52H65N7O8/c1-10-43(61)57-26-38-39(27-57)44(38)50(64)56(8)46(29(3)4)48(62)54-41-22-31-20-33(23-34(60)21-31)32-16-17-42-36(24-32)37(47(58(42)11-2)35-14-12-18-53-45(35)30(5)66-9)25-52(6,7)28-67-51(65)40-15-13-19-59(55-40)49(41)63/h10,12,14,16-18,20-21,23-24,29-30,38-41,44,46,55,60H,1,11,13,15,19,22,25-28H2,2-9H3,(H,54,62)/t30-,38-,39+,40-,41-,44?,46?/m0/s1. The molecule has 356 valence electrons. The quantitative estimate of drug-likeness (QED) is 0.130. The first-order valence-electron chi connectivity index (χ1n) is 23.6. The minimum absolute atomic E-state index is 0.00118. The summed E-state index contributed by atoms with van der Waals surface area (Å²) in [5.41, 5.74) is 9.58. The molecule has 4 aliphatic rings. The fourth-order valence-electron chi connectivity index (χ4n) is 10.8. The maximum atomic E-state index is 14.7. The van der Waals surface area contributed by atoms with Crippen LogP contribution in [0.5, 0.6) is 5.75 Å². The number of benzene rings is 2. The number of hydrazine groups is 1. The number of esters is 1. The summed E-state index contributed by atoms with van der Waals surface area (Å²) in [4.78, 5) is 77.5. The maximum absolute atomic E-state index is 14.7. The van der Waals surface area contributed by atoms with Gasteiger partial charge in [0.25, 0.3) is 5.91 Å². The van der Waals surface area contributed by atoms with Gasteiger partial charge in [0.1, 0.15) is 23.9 Å². The van der Waals surface area contributed by atoms with Crippen LogP contribution in [0.4, 0.5) is 0 Å². The van der Waals surface area contributed by atoms with Crippen molar-refractivity contribution < 1.29 is 38.6 Å². The van der Waals surface area contributed by atoms with Crippen molar-refractivity contribution in [3.05, 3.63) is 84.2 Å². The van der Waals surface area contributed by atoms with Gasteiger partial charge < -0.3 is 34.3 Å². The molecule has 15 nitrogen and oxygen atoms in total. The summed E-state index contributed by atoms with van der Waals surface area (Å²) in [5, 5.41) is 16.8. The van der Waals surface area contributed by atoms with E-state index in [1.165, 1.54) is 16.0 Å². The molecule has 3 aliphatic heterocycles. The van der Waals surface area contributed by atoms with Gasteiger partial charge in [0.05, 0.1) is 24.1 Å². The van der Waals surface area contributed by atoms with E-state index in [0.29, 0.717) is 44.5 Å². The number of piperidine rings is 1. The molecule has 4 amide bonds. The van der Waals surface area contributed by atoms with Crippen LogP contribution in [0.25, 0.3) is 33.3 Å². The summed E-state index contributed by atoms with van der Waals surface area (Å²) in [6.07, 6.45) is 4.28. The van der Waals surface area contributed by atoms with E-state index in [1.807, 2.05) is 39.0 Å². The second-order valence-electron chi connectivity index (χ2n) is 20.0. The molecule has 67 heavy (non-hydrogen) atoms. The molecule has 2 unspecified atom stereocenters. The van der Waals surface area contributed by atoms with Crippen LogP contribution in [0.2, 0.25) is 0 Å². The Labute approximate surface area is 392 Å². The number of phenols is 1. The molecule has 3 N–H and O–H groups in total. The van der Waals surface area contributed by atoms with E-state index in [1.54, 1.807) is 37.4 Å². The van der Waals surface area contributed by atoms with Crippen LogP contribution >= 0.6 is 0 Å². The first-order chi connectivity index (χ1) is 31.9. The Balaban J connectivity index is 1.18. The lowest BCUT2D eigenvalue weighted by Crippen LogP contribution is -2.62. The molecule has 1 saturated carbocycles. The number of fused-ring (bicyclic) bond motifs is 7. The van der Waals surface area contributed by atoms with Gasteiger partial charge >= 0.3 is 5.97 Å². The topological polar surface area (TPSA) is 176 Å². The van der Waals surface area contributed by atoms with Crippen LogP contribution in [-0.2, 0) is 52.8 Å². The van der Waals surface area contributed by atoms with E-state index in [0.717, 1.165) is 44.5 Å². The van der Waals surface area contributed by atoms with Crippen molar-refractivity contribution in [1.82, 2.24) is 35.1 Å². The second kappa shape index (κ2) is 18.9. The monoisotopic (exact) mass is 915 g/mol. The second-order valence-corrected chi connectivity index (χ2v) is 20.0. The van der Waals surface area contributed by atoms with Crippen molar-refractivity contribution in [3.63, 3.8) is 0 Å². The van der Waals surface area contributed by atoms with Gasteiger partial charge in [0.15, 0.2) is 0 Å². The molecule has 2 saturated heterocycles. The number of nitrogens with one attached hydrogen (secondary N) is 2. The Hall–Kier alpha value is -6.06. The predicted molar refractivity (Wildman–Crippen MR) is 254 cm³/mol. The summed E-state index contributed by atoms with van der Waals surface area (Å²) >= 11 is 0. The average Bonchev–Trinajstić information content (AvgIpc) is 3.64. The molecule has 0 spiro atoms. The normalized spacial score (nSPS) is 23.5. The van der Waals surface area contributed by atoms with Gasteiger partial charge in [-0.15, -0.1) is 0 Å². The third-order valence-electron chi connectivity index (χ3n) is 14.3. The van der Waals surface area contributed by atoms with Gasteiger partial charge in [-0.25, -0.2) is 5.43 Å². The molecule has 2 aromatic heterocycles. The van der Waals surface area contributed by atoms with Gasteiger partial charge in [-0.2, -0.15) is 0 Å². The number of phenolic OH excluding ortho intramolecular Hbond substituents is 1. The Morgan fingerprint density at radius 2 is 1.84 bits per heavy atom. The number of amides is 4. The van der Waals surface area contributed by atoms with Crippen LogP contribution in [0.15, 0.2) is 67.4 Å². The molecule has 6 bridgehead atoms. The summed E-state index contributed by atoms with van der Waals surface area (Å²) in [5.74, 6) is -2.35. The van der Waals surface area contributed by atoms with Gasteiger partial charge in [0.2, 0.25) is 17.7 Å². The third kappa shape index (κ3) is 9.32. The van der Waals surface area contributed by atoms with Gasteiger partial charge in [0, 0.05) is 80.8 Å². The van der Waals surface area contributed by atoms with E-state index >= 15 is 0 Å². The fraction of sp³-hybridized carbons (Fsp3) is 0.500. The Morgan fingerprint density at radius 1 is 1.09 bits per heavy atom. The number of carbonyl (C=O) groups is 5. The zero-order chi connectivity index (χ0) is 48.1. The first kappa shape index (κ1) is 47.4. The molecule has 8 rings (SSSR count). The molecule has 0 radical (unpaired) electrons. The summed E-state index contributed by atoms with van der Waals surface area (Å²) in [6.45, 7) is 17.5. The van der Waals surface area contributed by atoms with Crippen LogP contribution < -0.4 is 10.7 Å². The lowest BCUT2D eigenvalue weighted by molar-refractivity contribution is -0.155. The number of rotatable bonds is 10.